The fraction of sp³-hybridized carbons (Fsp3) is 0.848. The average Bonchev–Trinajstić information content (AvgIpc) is 3.19. The third-order valence-electron chi connectivity index (χ3n) is 10.8. The highest BCUT2D eigenvalue weighted by molar-refractivity contribution is 5.75. The molecule has 0 aromatic carbocycles. The molecule has 1 aliphatic heterocycles. The molecule has 9 nitrogen and oxygen atoms in total. The van der Waals surface area contributed by atoms with Crippen molar-refractivity contribution >= 4 is 5.91 Å². The fourth-order valence-corrected chi connectivity index (χ4v) is 7.04. The van der Waals surface area contributed by atoms with Crippen LogP contribution in [0.3, 0.4) is 0 Å². The van der Waals surface area contributed by atoms with Crippen molar-refractivity contribution in [3.8, 4) is 0 Å². The number of aliphatic hydroxyl groups excluding tert-OH is 5. The van der Waals surface area contributed by atoms with E-state index in [0.717, 1.165) is 25.7 Å². The molecule has 0 bridgehead atoms. The smallest absolute Gasteiger partial charge is 0.220 e. The lowest BCUT2D eigenvalue weighted by atomic mass is 9.99. The zero-order valence-corrected chi connectivity index (χ0v) is 35.2. The van der Waals surface area contributed by atoms with Crippen molar-refractivity contribution in [2.24, 2.45) is 0 Å². The summed E-state index contributed by atoms with van der Waals surface area (Å²) < 4.78 is 10.9. The number of ether oxygens (including phenoxy) is 2. The highest BCUT2D eigenvalue weighted by Crippen LogP contribution is 2.22. The molecule has 55 heavy (non-hydrogen) atoms. The molecule has 1 saturated heterocycles. The van der Waals surface area contributed by atoms with Crippen LogP contribution in [0, 0.1) is 0 Å². The Kier molecular flexibility index (Phi) is 34.3. The monoisotopic (exact) mass is 780 g/mol. The van der Waals surface area contributed by atoms with Crippen LogP contribution < -0.4 is 5.32 Å². The lowest BCUT2D eigenvalue weighted by Gasteiger charge is -2.40. The third-order valence-corrected chi connectivity index (χ3v) is 10.8. The number of hydrogen-bond acceptors (Lipinski definition) is 8. The molecular formula is C46H85NO8. The minimum Gasteiger partial charge on any atom is -0.394 e. The van der Waals surface area contributed by atoms with E-state index in [2.05, 4.69) is 36.5 Å². The molecule has 6 N–H and O–H groups in total. The van der Waals surface area contributed by atoms with E-state index < -0.39 is 49.5 Å². The number of carbonyl (C=O) groups excluding carboxylic acids is 1. The maximum atomic E-state index is 12.1. The Bertz CT molecular complexity index is 956. The number of amides is 1. The van der Waals surface area contributed by atoms with Gasteiger partial charge in [0.15, 0.2) is 6.29 Å². The number of allylic oxidation sites excluding steroid dienone is 5. The van der Waals surface area contributed by atoms with Crippen LogP contribution in [-0.4, -0.2) is 87.5 Å². The molecule has 0 aromatic rings. The number of nitrogens with one attached hydrogen (secondary N) is 1. The quantitative estimate of drug-likeness (QED) is 0.0270. The van der Waals surface area contributed by atoms with Gasteiger partial charge < -0.3 is 40.3 Å². The van der Waals surface area contributed by atoms with E-state index in [1.807, 2.05) is 6.08 Å². The third kappa shape index (κ3) is 27.6. The van der Waals surface area contributed by atoms with Gasteiger partial charge in [0.25, 0.3) is 0 Å². The van der Waals surface area contributed by atoms with Gasteiger partial charge in [-0.25, -0.2) is 0 Å². The summed E-state index contributed by atoms with van der Waals surface area (Å²) in [6.45, 7) is 3.20. The van der Waals surface area contributed by atoms with Gasteiger partial charge in [-0.15, -0.1) is 0 Å². The molecule has 0 aliphatic carbocycles. The van der Waals surface area contributed by atoms with Gasteiger partial charge in [0, 0.05) is 6.42 Å². The van der Waals surface area contributed by atoms with Gasteiger partial charge in [0.1, 0.15) is 24.4 Å². The van der Waals surface area contributed by atoms with Crippen molar-refractivity contribution < 1.29 is 39.8 Å². The van der Waals surface area contributed by atoms with E-state index >= 15 is 0 Å². The van der Waals surface area contributed by atoms with E-state index in [1.165, 1.54) is 148 Å². The number of aliphatic hydroxyl groups is 5. The minimum atomic E-state index is -1.57. The Morgan fingerprint density at radius 1 is 0.600 bits per heavy atom. The zero-order chi connectivity index (χ0) is 40.2. The Morgan fingerprint density at radius 3 is 1.45 bits per heavy atom. The van der Waals surface area contributed by atoms with Crippen molar-refractivity contribution in [1.82, 2.24) is 5.32 Å². The Morgan fingerprint density at radius 2 is 1.02 bits per heavy atom. The van der Waals surface area contributed by atoms with Crippen LogP contribution in [-0.2, 0) is 14.3 Å². The van der Waals surface area contributed by atoms with Crippen LogP contribution >= 0.6 is 0 Å². The summed E-state index contributed by atoms with van der Waals surface area (Å²) in [5.74, 6) is -0.280. The van der Waals surface area contributed by atoms with Crippen molar-refractivity contribution in [3.63, 3.8) is 0 Å². The van der Waals surface area contributed by atoms with Crippen LogP contribution in [0.2, 0.25) is 0 Å². The average molecular weight is 780 g/mol. The van der Waals surface area contributed by atoms with Gasteiger partial charge >= 0.3 is 0 Å². The second kappa shape index (κ2) is 36.7. The van der Waals surface area contributed by atoms with Gasteiger partial charge in [-0.1, -0.05) is 185 Å². The minimum absolute atomic E-state index is 0.215. The first-order valence-corrected chi connectivity index (χ1v) is 22.7. The van der Waals surface area contributed by atoms with E-state index in [1.54, 1.807) is 13.0 Å². The predicted molar refractivity (Wildman–Crippen MR) is 226 cm³/mol. The van der Waals surface area contributed by atoms with Crippen LogP contribution in [0.25, 0.3) is 0 Å². The van der Waals surface area contributed by atoms with Gasteiger partial charge in [0.2, 0.25) is 5.91 Å². The maximum absolute atomic E-state index is 12.1. The van der Waals surface area contributed by atoms with Gasteiger partial charge in [0.05, 0.1) is 25.4 Å². The van der Waals surface area contributed by atoms with Crippen LogP contribution in [0.5, 0.6) is 0 Å². The molecule has 1 amide bonds. The van der Waals surface area contributed by atoms with Crippen LogP contribution in [0.4, 0.5) is 0 Å². The molecule has 1 aliphatic rings. The van der Waals surface area contributed by atoms with Crippen molar-refractivity contribution in [2.75, 3.05) is 13.2 Å². The number of rotatable bonds is 37. The van der Waals surface area contributed by atoms with Crippen molar-refractivity contribution in [1.29, 1.82) is 0 Å². The van der Waals surface area contributed by atoms with Gasteiger partial charge in [-0.05, 0) is 38.5 Å². The first-order chi connectivity index (χ1) is 26.8. The summed E-state index contributed by atoms with van der Waals surface area (Å²) in [6, 6.07) is -0.822. The lowest BCUT2D eigenvalue weighted by Crippen LogP contribution is -2.60. The van der Waals surface area contributed by atoms with E-state index in [-0.39, 0.29) is 18.9 Å². The Balaban J connectivity index is 1.99. The second-order valence-corrected chi connectivity index (χ2v) is 15.8. The van der Waals surface area contributed by atoms with E-state index in [9.17, 15) is 30.3 Å². The number of hydrogen-bond donors (Lipinski definition) is 6. The highest BCUT2D eigenvalue weighted by atomic mass is 16.7. The molecule has 322 valence electrons. The zero-order valence-electron chi connectivity index (χ0n) is 35.2. The SMILES string of the molecule is CCCCCCCCCCCCCCCCCCCCCCCC/C=C/CC/C=C/CC/C=C/C(O)C(COC1OC(CO)C(O)C(O)C1O)NC(=O)CC. The second-order valence-electron chi connectivity index (χ2n) is 15.8. The lowest BCUT2D eigenvalue weighted by molar-refractivity contribution is -0.302. The Hall–Kier alpha value is -1.59. The first kappa shape index (κ1) is 51.4. The highest BCUT2D eigenvalue weighted by Gasteiger charge is 2.44. The predicted octanol–water partition coefficient (Wildman–Crippen LogP) is 9.28. The molecule has 0 spiro atoms. The summed E-state index contributed by atoms with van der Waals surface area (Å²) >= 11 is 0. The molecule has 9 heteroatoms. The molecular weight excluding hydrogens is 695 g/mol. The van der Waals surface area contributed by atoms with Crippen molar-refractivity contribution in [2.45, 2.75) is 236 Å². The number of unbranched alkanes of at least 4 members (excludes halogenated alkanes) is 24. The molecule has 0 aromatic heterocycles. The summed E-state index contributed by atoms with van der Waals surface area (Å²) in [5.41, 5.74) is 0. The molecule has 7 unspecified atom stereocenters. The normalized spacial score (nSPS) is 21.6. The largest absolute Gasteiger partial charge is 0.394 e. The molecule has 0 saturated carbocycles. The maximum Gasteiger partial charge on any atom is 0.220 e. The Labute approximate surface area is 336 Å². The van der Waals surface area contributed by atoms with Crippen LogP contribution in [0.15, 0.2) is 36.5 Å². The molecule has 1 rings (SSSR count). The first-order valence-electron chi connectivity index (χ1n) is 22.7. The fourth-order valence-electron chi connectivity index (χ4n) is 7.04. The van der Waals surface area contributed by atoms with Gasteiger partial charge in [-0.2, -0.15) is 0 Å². The number of carbonyl (C=O) groups is 1. The van der Waals surface area contributed by atoms with E-state index in [4.69, 9.17) is 9.47 Å². The summed E-state index contributed by atoms with van der Waals surface area (Å²) in [5, 5.41) is 53.0. The molecule has 0 radical (unpaired) electrons. The topological polar surface area (TPSA) is 149 Å². The van der Waals surface area contributed by atoms with Gasteiger partial charge in [-0.3, -0.25) is 4.79 Å². The molecule has 7 atom stereocenters. The van der Waals surface area contributed by atoms with Crippen molar-refractivity contribution in [3.05, 3.63) is 36.5 Å². The summed E-state index contributed by atoms with van der Waals surface area (Å²) in [7, 11) is 0. The molecule has 1 heterocycles. The summed E-state index contributed by atoms with van der Waals surface area (Å²) in [6.07, 6.45) is 40.5. The van der Waals surface area contributed by atoms with Crippen LogP contribution in [0.1, 0.15) is 194 Å². The summed E-state index contributed by atoms with van der Waals surface area (Å²) in [4.78, 5) is 12.1. The van der Waals surface area contributed by atoms with E-state index in [0.29, 0.717) is 0 Å². The molecule has 1 fully saturated rings. The standard InChI is InChI=1S/C46H85NO8/c1-3-5-6-7-8-9-10-11-12-13-14-15-16-17-18-19-20-21-22-23-24-25-26-27-28-29-30-31-32-33-34-35-36-40(49)39(47-42(50)4-2)38-54-46-45(53)44(52)43(51)41(37-48)55-46/h27-28,31-32,35-36,39-41,43-46,48-49,51-53H,3-26,29-30,33-34,37-38H2,1-2H3,(H,47,50)/b28-27+,32-31+,36-35+.